The first kappa shape index (κ1) is 11.5. The highest BCUT2D eigenvalue weighted by atomic mass is 15.1. The van der Waals surface area contributed by atoms with Gasteiger partial charge in [-0.1, -0.05) is 37.3 Å². The second-order valence-corrected chi connectivity index (χ2v) is 4.92. The highest BCUT2D eigenvalue weighted by Gasteiger charge is 2.25. The average molecular weight is 241 g/mol. The maximum atomic E-state index is 4.35. The smallest absolute Gasteiger partial charge is 0.0954 e. The summed E-state index contributed by atoms with van der Waals surface area (Å²) >= 11 is 0. The van der Waals surface area contributed by atoms with Gasteiger partial charge >= 0.3 is 0 Å². The zero-order valence-electron chi connectivity index (χ0n) is 10.7. The molecule has 1 N–H and O–H groups in total. The third kappa shape index (κ3) is 1.95. The Morgan fingerprint density at radius 1 is 1.33 bits per heavy atom. The molecule has 0 radical (unpaired) electrons. The lowest BCUT2D eigenvalue weighted by Gasteiger charge is -2.30. The number of hydrogen-bond acceptors (Lipinski definition) is 2. The minimum absolute atomic E-state index is 0.407. The molecular weight excluding hydrogens is 222 g/mol. The van der Waals surface area contributed by atoms with Gasteiger partial charge in [-0.2, -0.15) is 0 Å². The summed E-state index contributed by atoms with van der Waals surface area (Å²) in [6.45, 7) is 4.40. The number of benzene rings is 1. The lowest BCUT2D eigenvalue weighted by atomic mass is 9.97. The fraction of sp³-hybridized carbons (Fsp3) is 0.400. The zero-order chi connectivity index (χ0) is 12.4. The Balaban J connectivity index is 1.94. The number of rotatable bonds is 4. The van der Waals surface area contributed by atoms with Crippen LogP contribution in [0.25, 0.3) is 0 Å². The molecular formula is C15H19N3. The molecule has 1 atom stereocenters. The van der Waals surface area contributed by atoms with Crippen LogP contribution >= 0.6 is 0 Å². The van der Waals surface area contributed by atoms with Gasteiger partial charge in [-0.25, -0.2) is 4.98 Å². The molecule has 1 aliphatic rings. The van der Waals surface area contributed by atoms with Gasteiger partial charge < -0.3 is 9.88 Å². The number of imidazole rings is 1. The average Bonchev–Trinajstić information content (AvgIpc) is 2.79. The largest absolute Gasteiger partial charge is 0.327 e. The lowest BCUT2D eigenvalue weighted by molar-refractivity contribution is 0.411. The van der Waals surface area contributed by atoms with Gasteiger partial charge in [0, 0.05) is 30.9 Å². The van der Waals surface area contributed by atoms with E-state index in [1.165, 1.54) is 11.3 Å². The molecule has 18 heavy (non-hydrogen) atoms. The molecule has 94 valence electrons. The van der Waals surface area contributed by atoms with E-state index in [-0.39, 0.29) is 0 Å². The first-order valence-electron chi connectivity index (χ1n) is 6.67. The summed E-state index contributed by atoms with van der Waals surface area (Å²) < 4.78 is 2.35. The first-order chi connectivity index (χ1) is 8.90. The van der Waals surface area contributed by atoms with Gasteiger partial charge in [0.25, 0.3) is 0 Å². The van der Waals surface area contributed by atoms with Gasteiger partial charge in [-0.05, 0) is 12.0 Å². The van der Waals surface area contributed by atoms with Crippen molar-refractivity contribution in [2.75, 3.05) is 13.1 Å². The van der Waals surface area contributed by atoms with Crippen LogP contribution in [-0.2, 0) is 0 Å². The number of hydrogen-bond donors (Lipinski definition) is 1. The van der Waals surface area contributed by atoms with Crippen molar-refractivity contribution in [3.8, 4) is 0 Å². The first-order valence-corrected chi connectivity index (χ1v) is 6.67. The van der Waals surface area contributed by atoms with E-state index >= 15 is 0 Å². The third-order valence-corrected chi connectivity index (χ3v) is 3.80. The molecule has 0 bridgehead atoms. The Kier molecular flexibility index (Phi) is 3.15. The Morgan fingerprint density at radius 3 is 2.72 bits per heavy atom. The normalized spacial score (nSPS) is 17.4. The van der Waals surface area contributed by atoms with E-state index in [9.17, 15) is 0 Å². The summed E-state index contributed by atoms with van der Waals surface area (Å²) in [5, 5.41) is 3.33. The van der Waals surface area contributed by atoms with Crippen LogP contribution < -0.4 is 5.32 Å². The molecule has 1 fully saturated rings. The van der Waals surface area contributed by atoms with E-state index in [0.29, 0.717) is 12.0 Å². The Labute approximate surface area is 108 Å². The number of nitrogens with zero attached hydrogens (tertiary/aromatic N) is 2. The highest BCUT2D eigenvalue weighted by molar-refractivity contribution is 5.23. The van der Waals surface area contributed by atoms with Crippen molar-refractivity contribution in [3.05, 3.63) is 54.1 Å². The predicted molar refractivity (Wildman–Crippen MR) is 72.7 cm³/mol. The number of aromatic nitrogens is 2. The van der Waals surface area contributed by atoms with E-state index in [2.05, 4.69) is 52.1 Å². The maximum Gasteiger partial charge on any atom is 0.0954 e. The molecule has 0 amide bonds. The standard InChI is InChI=1S/C15H19N3/c1-2-14(12-6-4-3-5-7-12)18-11-17-10-15(18)13-8-16-9-13/h3-7,10-11,13-14,16H,2,8-9H2,1H3. The second-order valence-electron chi connectivity index (χ2n) is 4.92. The van der Waals surface area contributed by atoms with Crippen molar-refractivity contribution < 1.29 is 0 Å². The monoisotopic (exact) mass is 241 g/mol. The number of nitrogens with one attached hydrogen (secondary N) is 1. The minimum Gasteiger partial charge on any atom is -0.327 e. The second kappa shape index (κ2) is 4.94. The molecule has 3 heteroatoms. The molecule has 1 aliphatic heterocycles. The predicted octanol–water partition coefficient (Wildman–Crippen LogP) is 2.57. The zero-order valence-corrected chi connectivity index (χ0v) is 10.7. The molecule has 3 nitrogen and oxygen atoms in total. The SMILES string of the molecule is CCC(c1ccccc1)n1cncc1C1CNC1. The van der Waals surface area contributed by atoms with Crippen molar-refractivity contribution >= 4 is 0 Å². The quantitative estimate of drug-likeness (QED) is 0.891. The molecule has 1 saturated heterocycles. The van der Waals surface area contributed by atoms with Crippen LogP contribution in [0.3, 0.4) is 0 Å². The van der Waals surface area contributed by atoms with Gasteiger partial charge in [0.2, 0.25) is 0 Å². The van der Waals surface area contributed by atoms with Gasteiger partial charge in [-0.15, -0.1) is 0 Å². The lowest BCUT2D eigenvalue weighted by Crippen LogP contribution is -2.41. The summed E-state index contributed by atoms with van der Waals surface area (Å²) in [5.41, 5.74) is 2.73. The van der Waals surface area contributed by atoms with Crippen molar-refractivity contribution in [2.45, 2.75) is 25.3 Å². The fourth-order valence-corrected chi connectivity index (χ4v) is 2.66. The van der Waals surface area contributed by atoms with Crippen LogP contribution in [0.5, 0.6) is 0 Å². The molecule has 1 unspecified atom stereocenters. The van der Waals surface area contributed by atoms with Crippen molar-refractivity contribution in [1.29, 1.82) is 0 Å². The maximum absolute atomic E-state index is 4.35. The summed E-state index contributed by atoms with van der Waals surface area (Å²) in [7, 11) is 0. The molecule has 0 aliphatic carbocycles. The molecule has 3 rings (SSSR count). The third-order valence-electron chi connectivity index (χ3n) is 3.80. The Hall–Kier alpha value is -1.61. The van der Waals surface area contributed by atoms with Gasteiger partial charge in [-0.3, -0.25) is 0 Å². The molecule has 0 spiro atoms. The van der Waals surface area contributed by atoms with Crippen molar-refractivity contribution in [1.82, 2.24) is 14.9 Å². The summed E-state index contributed by atoms with van der Waals surface area (Å²) in [4.78, 5) is 4.35. The van der Waals surface area contributed by atoms with Crippen molar-refractivity contribution in [3.63, 3.8) is 0 Å². The fourth-order valence-electron chi connectivity index (χ4n) is 2.66. The molecule has 0 saturated carbocycles. The van der Waals surface area contributed by atoms with Crippen LogP contribution in [0.2, 0.25) is 0 Å². The van der Waals surface area contributed by atoms with Crippen LogP contribution in [0.15, 0.2) is 42.9 Å². The minimum atomic E-state index is 0.407. The van der Waals surface area contributed by atoms with Crippen LogP contribution in [0.1, 0.15) is 36.6 Å². The van der Waals surface area contributed by atoms with Gasteiger partial charge in [0.1, 0.15) is 0 Å². The van der Waals surface area contributed by atoms with Crippen LogP contribution in [0.4, 0.5) is 0 Å². The highest BCUT2D eigenvalue weighted by Crippen LogP contribution is 2.28. The van der Waals surface area contributed by atoms with Gasteiger partial charge in [0.05, 0.1) is 12.4 Å². The van der Waals surface area contributed by atoms with Crippen LogP contribution in [-0.4, -0.2) is 22.6 Å². The van der Waals surface area contributed by atoms with Gasteiger partial charge in [0.15, 0.2) is 0 Å². The Morgan fingerprint density at radius 2 is 2.11 bits per heavy atom. The molecule has 2 aromatic rings. The Bertz CT molecular complexity index is 499. The van der Waals surface area contributed by atoms with Crippen LogP contribution in [0, 0.1) is 0 Å². The van der Waals surface area contributed by atoms with E-state index in [1.54, 1.807) is 0 Å². The summed E-state index contributed by atoms with van der Waals surface area (Å²) in [6, 6.07) is 11.1. The van der Waals surface area contributed by atoms with E-state index in [0.717, 1.165) is 19.5 Å². The van der Waals surface area contributed by atoms with Crippen molar-refractivity contribution in [2.24, 2.45) is 0 Å². The summed E-state index contributed by atoms with van der Waals surface area (Å²) in [6.07, 6.45) is 5.10. The molecule has 1 aromatic carbocycles. The van der Waals surface area contributed by atoms with E-state index in [1.807, 2.05) is 12.5 Å². The van der Waals surface area contributed by atoms with E-state index < -0.39 is 0 Å². The topological polar surface area (TPSA) is 29.9 Å². The summed E-state index contributed by atoms with van der Waals surface area (Å²) in [5.74, 6) is 0.630. The molecule has 1 aromatic heterocycles. The van der Waals surface area contributed by atoms with E-state index in [4.69, 9.17) is 0 Å². The molecule has 2 heterocycles.